The molecular formula is C27H22F6NO4-. The maximum atomic E-state index is 14.0. The Hall–Kier alpha value is -4.02. The molecule has 0 aliphatic rings. The summed E-state index contributed by atoms with van der Waals surface area (Å²) in [6.07, 6.45) is -9.92. The van der Waals surface area contributed by atoms with E-state index in [1.54, 1.807) is 24.3 Å². The van der Waals surface area contributed by atoms with Crippen LogP contribution in [-0.2, 0) is 27.7 Å². The first kappa shape index (κ1) is 28.5. The molecular weight excluding hydrogens is 516 g/mol. The van der Waals surface area contributed by atoms with Gasteiger partial charge in [-0.1, -0.05) is 63.2 Å². The first-order chi connectivity index (χ1) is 17.5. The highest BCUT2D eigenvalue weighted by atomic mass is 19.4. The predicted molar refractivity (Wildman–Crippen MR) is 125 cm³/mol. The number of hydrogen-bond acceptors (Lipinski definition) is 4. The number of ether oxygens (including phenoxy) is 1. The minimum atomic E-state index is -4.97. The fraction of sp³-hybridized carbons (Fsp3) is 0.259. The van der Waals surface area contributed by atoms with Gasteiger partial charge in [0.25, 0.3) is 5.91 Å². The number of rotatable bonds is 5. The zero-order valence-corrected chi connectivity index (χ0v) is 20.4. The van der Waals surface area contributed by atoms with E-state index in [2.05, 4.69) is 4.74 Å². The minimum absolute atomic E-state index is 0.0750. The van der Waals surface area contributed by atoms with E-state index in [4.69, 9.17) is 0 Å². The quantitative estimate of drug-likeness (QED) is 0.302. The maximum Gasteiger partial charge on any atom is 0.573 e. The van der Waals surface area contributed by atoms with E-state index in [0.29, 0.717) is 16.5 Å². The first-order valence-electron chi connectivity index (χ1n) is 11.2. The van der Waals surface area contributed by atoms with Gasteiger partial charge in [0.2, 0.25) is 0 Å². The van der Waals surface area contributed by atoms with Gasteiger partial charge in [-0.15, -0.1) is 13.2 Å². The average molecular weight is 538 g/mol. The van der Waals surface area contributed by atoms with Gasteiger partial charge in [-0.05, 0) is 51.9 Å². The van der Waals surface area contributed by atoms with Gasteiger partial charge in [0.05, 0.1) is 12.1 Å². The van der Waals surface area contributed by atoms with E-state index >= 15 is 0 Å². The van der Waals surface area contributed by atoms with Crippen LogP contribution in [0.5, 0.6) is 5.75 Å². The van der Waals surface area contributed by atoms with Gasteiger partial charge < -0.3 is 19.5 Å². The molecule has 0 aromatic heterocycles. The number of amides is 1. The summed E-state index contributed by atoms with van der Waals surface area (Å²) in [5, 5.41) is 11.4. The maximum absolute atomic E-state index is 14.0. The minimum Gasteiger partial charge on any atom is -0.540 e. The number of aliphatic carboxylic acids is 1. The Balaban J connectivity index is 2.03. The fourth-order valence-corrected chi connectivity index (χ4v) is 3.71. The van der Waals surface area contributed by atoms with Crippen molar-refractivity contribution >= 4 is 17.6 Å². The molecule has 0 saturated heterocycles. The van der Waals surface area contributed by atoms with Crippen LogP contribution in [0.3, 0.4) is 0 Å². The van der Waals surface area contributed by atoms with Crippen LogP contribution >= 0.6 is 0 Å². The van der Waals surface area contributed by atoms with Crippen molar-refractivity contribution in [3.63, 3.8) is 0 Å². The first-order valence-corrected chi connectivity index (χ1v) is 11.2. The van der Waals surface area contributed by atoms with Gasteiger partial charge >= 0.3 is 12.5 Å². The van der Waals surface area contributed by atoms with Crippen molar-refractivity contribution in [2.45, 2.75) is 45.3 Å². The molecule has 38 heavy (non-hydrogen) atoms. The number of anilines is 1. The second kappa shape index (κ2) is 10.4. The lowest BCUT2D eigenvalue weighted by molar-refractivity contribution is -0.300. The highest BCUT2D eigenvalue weighted by molar-refractivity contribution is 6.36. The summed E-state index contributed by atoms with van der Waals surface area (Å²) in [7, 11) is 0. The molecule has 0 N–H and O–H groups in total. The fourth-order valence-electron chi connectivity index (χ4n) is 3.71. The number of nitrogens with zero attached hydrogens (tertiary/aromatic N) is 1. The van der Waals surface area contributed by atoms with Crippen LogP contribution < -0.4 is 14.7 Å². The van der Waals surface area contributed by atoms with Gasteiger partial charge in [0.1, 0.15) is 11.7 Å². The number of carboxylic acids is 1. The van der Waals surface area contributed by atoms with Gasteiger partial charge in [-0.3, -0.25) is 4.79 Å². The van der Waals surface area contributed by atoms with Gasteiger partial charge in [0, 0.05) is 5.69 Å². The van der Waals surface area contributed by atoms with Crippen molar-refractivity contribution in [3.8, 4) is 16.9 Å². The SMILES string of the molecule is CC(C)(C)c1ccc(CN(C(=O)C(=O)[O-])c2ccc(-c3ccc(OC(F)(F)F)cc3)c(C(F)(F)F)c2)cc1. The molecule has 0 bridgehead atoms. The highest BCUT2D eigenvalue weighted by Gasteiger charge is 2.35. The number of carbonyl (C=O) groups is 2. The van der Waals surface area contributed by atoms with Gasteiger partial charge in [0.15, 0.2) is 0 Å². The van der Waals surface area contributed by atoms with E-state index in [0.717, 1.165) is 42.0 Å². The monoisotopic (exact) mass is 538 g/mol. The Labute approximate surface area is 214 Å². The van der Waals surface area contributed by atoms with Crippen molar-refractivity contribution in [2.24, 2.45) is 0 Å². The molecule has 0 fully saturated rings. The van der Waals surface area contributed by atoms with E-state index in [1.807, 2.05) is 20.8 Å². The largest absolute Gasteiger partial charge is 0.573 e. The summed E-state index contributed by atoms with van der Waals surface area (Å²) in [4.78, 5) is 24.4. The molecule has 5 nitrogen and oxygen atoms in total. The standard InChI is InChI=1S/C27H23F6NO4/c1-25(2,3)18-8-4-16(5-9-18)15-34(23(35)24(36)37)19-10-13-21(22(14-19)26(28,29)30)17-6-11-20(12-7-17)38-27(31,32)33/h4-14H,15H2,1-3H3,(H,36,37)/p-1. The number of benzene rings is 3. The molecule has 0 saturated carbocycles. The Morgan fingerprint density at radius 2 is 1.42 bits per heavy atom. The molecule has 0 atom stereocenters. The molecule has 3 rings (SSSR count). The summed E-state index contributed by atoms with van der Waals surface area (Å²) < 4.78 is 83.0. The van der Waals surface area contributed by atoms with Crippen LogP contribution in [0, 0.1) is 0 Å². The van der Waals surface area contributed by atoms with E-state index in [-0.39, 0.29) is 23.2 Å². The number of carbonyl (C=O) groups excluding carboxylic acids is 2. The van der Waals surface area contributed by atoms with Crippen molar-refractivity contribution in [3.05, 3.63) is 83.4 Å². The van der Waals surface area contributed by atoms with Crippen LogP contribution in [0.25, 0.3) is 11.1 Å². The molecule has 0 heterocycles. The molecule has 0 spiro atoms. The lowest BCUT2D eigenvalue weighted by atomic mass is 9.87. The molecule has 3 aromatic rings. The number of halogens is 6. The van der Waals surface area contributed by atoms with Crippen molar-refractivity contribution in [1.29, 1.82) is 0 Å². The summed E-state index contributed by atoms with van der Waals surface area (Å²) in [6, 6.07) is 13.3. The highest BCUT2D eigenvalue weighted by Crippen LogP contribution is 2.40. The molecule has 11 heteroatoms. The third-order valence-electron chi connectivity index (χ3n) is 5.60. The second-order valence-corrected chi connectivity index (χ2v) is 9.43. The number of alkyl halides is 6. The zero-order chi connectivity index (χ0) is 28.5. The molecule has 202 valence electrons. The summed E-state index contributed by atoms with van der Waals surface area (Å²) in [5.41, 5.74) is -0.817. The average Bonchev–Trinajstić information content (AvgIpc) is 2.80. The number of carboxylic acid groups (broad SMARTS) is 1. The summed E-state index contributed by atoms with van der Waals surface area (Å²) >= 11 is 0. The number of hydrogen-bond donors (Lipinski definition) is 0. The van der Waals surface area contributed by atoms with Crippen LogP contribution in [0.4, 0.5) is 32.0 Å². The lowest BCUT2D eigenvalue weighted by Gasteiger charge is -2.26. The van der Waals surface area contributed by atoms with Crippen LogP contribution in [0.1, 0.15) is 37.5 Å². The summed E-state index contributed by atoms with van der Waals surface area (Å²) in [6.45, 7) is 5.58. The van der Waals surface area contributed by atoms with Crippen LogP contribution in [0.15, 0.2) is 66.7 Å². The Morgan fingerprint density at radius 1 is 0.842 bits per heavy atom. The van der Waals surface area contributed by atoms with Crippen molar-refractivity contribution < 1.29 is 45.8 Å². The van der Waals surface area contributed by atoms with Gasteiger partial charge in [-0.25, -0.2) is 0 Å². The van der Waals surface area contributed by atoms with E-state index < -0.39 is 41.3 Å². The molecule has 0 aliphatic heterocycles. The molecule has 0 aliphatic carbocycles. The Bertz CT molecular complexity index is 1310. The Morgan fingerprint density at radius 3 is 1.89 bits per heavy atom. The third-order valence-corrected chi connectivity index (χ3v) is 5.60. The Kier molecular flexibility index (Phi) is 7.81. The smallest absolute Gasteiger partial charge is 0.540 e. The van der Waals surface area contributed by atoms with Gasteiger partial charge in [-0.2, -0.15) is 13.2 Å². The molecule has 0 unspecified atom stereocenters. The molecule has 3 aromatic carbocycles. The molecule has 1 amide bonds. The lowest BCUT2D eigenvalue weighted by Crippen LogP contribution is -2.44. The van der Waals surface area contributed by atoms with Crippen molar-refractivity contribution in [1.82, 2.24) is 0 Å². The van der Waals surface area contributed by atoms with Crippen LogP contribution in [0.2, 0.25) is 0 Å². The molecule has 0 radical (unpaired) electrons. The van der Waals surface area contributed by atoms with E-state index in [1.165, 1.54) is 0 Å². The van der Waals surface area contributed by atoms with E-state index in [9.17, 15) is 41.0 Å². The van der Waals surface area contributed by atoms with Crippen molar-refractivity contribution in [2.75, 3.05) is 4.90 Å². The topological polar surface area (TPSA) is 69.7 Å². The normalized spacial score (nSPS) is 12.2. The predicted octanol–water partition coefficient (Wildman–Crippen LogP) is 5.85. The van der Waals surface area contributed by atoms with Crippen LogP contribution in [-0.4, -0.2) is 18.2 Å². The third kappa shape index (κ3) is 7.05. The zero-order valence-electron chi connectivity index (χ0n) is 20.4. The summed E-state index contributed by atoms with van der Waals surface area (Å²) in [5.74, 6) is -4.26. The second-order valence-electron chi connectivity index (χ2n) is 9.43.